The van der Waals surface area contributed by atoms with E-state index in [9.17, 15) is 14.0 Å². The van der Waals surface area contributed by atoms with E-state index >= 15 is 0 Å². The lowest BCUT2D eigenvalue weighted by molar-refractivity contribution is -0.113. The van der Waals surface area contributed by atoms with E-state index in [0.717, 1.165) is 21.4 Å². The van der Waals surface area contributed by atoms with Gasteiger partial charge < -0.3 is 15.2 Å². The molecule has 0 aliphatic carbocycles. The molecule has 5 nitrogen and oxygen atoms in total. The molecule has 0 atom stereocenters. The molecule has 0 saturated heterocycles. The molecule has 0 bridgehead atoms. The Labute approximate surface area is 196 Å². The molecule has 2 N–H and O–H groups in total. The summed E-state index contributed by atoms with van der Waals surface area (Å²) >= 11 is 1.40. The molecule has 0 fully saturated rings. The number of nitrogens with one attached hydrogen (secondary N) is 2. The highest BCUT2D eigenvalue weighted by Gasteiger charge is 2.12. The summed E-state index contributed by atoms with van der Waals surface area (Å²) in [6.07, 6.45) is 1.99. The maximum Gasteiger partial charge on any atom is 0.251 e. The monoisotopic (exact) mass is 461 g/mol. The Morgan fingerprint density at radius 1 is 0.970 bits per heavy atom. The first kappa shape index (κ1) is 22.6. The van der Waals surface area contributed by atoms with Gasteiger partial charge in [-0.15, -0.1) is 11.8 Å². The number of benzene rings is 3. The second kappa shape index (κ2) is 10.4. The van der Waals surface area contributed by atoms with Crippen LogP contribution in [0.25, 0.3) is 10.9 Å². The van der Waals surface area contributed by atoms with Crippen molar-refractivity contribution in [3.63, 3.8) is 0 Å². The zero-order valence-electron chi connectivity index (χ0n) is 18.2. The number of nitrogens with zero attached hydrogens (tertiary/aromatic N) is 1. The van der Waals surface area contributed by atoms with Crippen molar-refractivity contribution < 1.29 is 14.0 Å². The lowest BCUT2D eigenvalue weighted by Gasteiger charge is -2.08. The summed E-state index contributed by atoms with van der Waals surface area (Å²) in [6, 6.07) is 21.5. The van der Waals surface area contributed by atoms with Crippen LogP contribution in [-0.4, -0.2) is 28.7 Å². The molecular weight excluding hydrogens is 437 g/mol. The van der Waals surface area contributed by atoms with Crippen LogP contribution < -0.4 is 10.6 Å². The Kier molecular flexibility index (Phi) is 7.10. The number of hydrogen-bond acceptors (Lipinski definition) is 3. The molecule has 0 saturated carbocycles. The van der Waals surface area contributed by atoms with Gasteiger partial charge in [0, 0.05) is 40.6 Å². The molecule has 2 amide bonds. The first-order valence-corrected chi connectivity index (χ1v) is 11.6. The fourth-order valence-corrected chi connectivity index (χ4v) is 4.39. The number of amides is 2. The number of hydrogen-bond donors (Lipinski definition) is 2. The lowest BCUT2D eigenvalue weighted by Crippen LogP contribution is -2.27. The highest BCUT2D eigenvalue weighted by molar-refractivity contribution is 8.00. The summed E-state index contributed by atoms with van der Waals surface area (Å²) < 4.78 is 15.8. The van der Waals surface area contributed by atoms with Gasteiger partial charge in [-0.2, -0.15) is 0 Å². The van der Waals surface area contributed by atoms with Crippen LogP contribution in [0.1, 0.15) is 15.9 Å². The second-order valence-electron chi connectivity index (χ2n) is 7.64. The molecule has 168 valence electrons. The average molecular weight is 462 g/mol. The molecule has 4 aromatic rings. The van der Waals surface area contributed by atoms with Gasteiger partial charge in [0.05, 0.1) is 11.4 Å². The number of para-hydroxylation sites is 2. The largest absolute Gasteiger partial charge is 0.350 e. The number of aromatic nitrogens is 1. The van der Waals surface area contributed by atoms with E-state index in [1.165, 1.54) is 23.9 Å². The maximum atomic E-state index is 13.8. The quantitative estimate of drug-likeness (QED) is 0.352. The van der Waals surface area contributed by atoms with Crippen molar-refractivity contribution in [3.8, 4) is 0 Å². The Hall–Kier alpha value is -3.58. The summed E-state index contributed by atoms with van der Waals surface area (Å²) in [6.45, 7) is 3.06. The van der Waals surface area contributed by atoms with Gasteiger partial charge in [0.1, 0.15) is 5.82 Å². The van der Waals surface area contributed by atoms with Crippen LogP contribution in [0.2, 0.25) is 0 Å². The molecule has 0 radical (unpaired) electrons. The van der Waals surface area contributed by atoms with Crippen LogP contribution in [0.5, 0.6) is 0 Å². The Balaban J connectivity index is 1.39. The molecule has 1 heterocycles. The molecule has 0 aliphatic rings. The van der Waals surface area contributed by atoms with Crippen LogP contribution in [0.15, 0.2) is 83.9 Å². The topological polar surface area (TPSA) is 63.1 Å². The predicted octanol–water partition coefficient (Wildman–Crippen LogP) is 5.25. The van der Waals surface area contributed by atoms with Gasteiger partial charge in [-0.25, -0.2) is 4.39 Å². The normalized spacial score (nSPS) is 10.8. The third-order valence-electron chi connectivity index (χ3n) is 5.21. The summed E-state index contributed by atoms with van der Waals surface area (Å²) in [4.78, 5) is 25.7. The summed E-state index contributed by atoms with van der Waals surface area (Å²) in [5.74, 6) is -0.676. The zero-order chi connectivity index (χ0) is 23.2. The van der Waals surface area contributed by atoms with Gasteiger partial charge >= 0.3 is 0 Å². The molecule has 0 spiro atoms. The summed E-state index contributed by atoms with van der Waals surface area (Å²) in [5.41, 5.74) is 2.95. The first-order valence-electron chi connectivity index (χ1n) is 10.6. The Bertz CT molecular complexity index is 1280. The van der Waals surface area contributed by atoms with Crippen LogP contribution in [0.4, 0.5) is 10.1 Å². The van der Waals surface area contributed by atoms with Crippen molar-refractivity contribution >= 4 is 40.2 Å². The molecule has 3 aromatic carbocycles. The summed E-state index contributed by atoms with van der Waals surface area (Å²) in [7, 11) is 0. The third-order valence-corrected chi connectivity index (χ3v) is 6.25. The van der Waals surface area contributed by atoms with Crippen molar-refractivity contribution in [3.05, 3.63) is 95.9 Å². The van der Waals surface area contributed by atoms with E-state index in [-0.39, 0.29) is 23.3 Å². The van der Waals surface area contributed by atoms with Crippen LogP contribution >= 0.6 is 11.8 Å². The van der Waals surface area contributed by atoms with Crippen LogP contribution in [-0.2, 0) is 11.3 Å². The van der Waals surface area contributed by atoms with E-state index in [1.54, 1.807) is 12.1 Å². The van der Waals surface area contributed by atoms with Gasteiger partial charge in [0.25, 0.3) is 5.91 Å². The Morgan fingerprint density at radius 3 is 2.48 bits per heavy atom. The minimum absolute atomic E-state index is 0.106. The van der Waals surface area contributed by atoms with Gasteiger partial charge in [0.2, 0.25) is 5.91 Å². The van der Waals surface area contributed by atoms with Gasteiger partial charge in [-0.3, -0.25) is 9.59 Å². The molecule has 7 heteroatoms. The summed E-state index contributed by atoms with van der Waals surface area (Å²) in [5, 5.41) is 6.60. The highest BCUT2D eigenvalue weighted by Crippen LogP contribution is 2.30. The molecule has 4 rings (SSSR count). The third kappa shape index (κ3) is 5.62. The highest BCUT2D eigenvalue weighted by atomic mass is 32.2. The van der Waals surface area contributed by atoms with E-state index in [4.69, 9.17) is 0 Å². The fraction of sp³-hybridized carbons (Fsp3) is 0.154. The standard InChI is InChI=1S/C26H24FN3O2S/c1-18-10-12-19(13-11-18)26(32)28-14-15-30-16-24(20-6-2-5-9-23(20)30)33-17-25(31)29-22-8-4-3-7-21(22)27/h2-13,16H,14-15,17H2,1H3,(H,28,32)(H,29,31). The average Bonchev–Trinajstić information content (AvgIpc) is 3.17. The fourth-order valence-electron chi connectivity index (χ4n) is 3.50. The number of anilines is 1. The minimum atomic E-state index is -0.458. The zero-order valence-corrected chi connectivity index (χ0v) is 19.0. The van der Waals surface area contributed by atoms with E-state index < -0.39 is 5.82 Å². The van der Waals surface area contributed by atoms with Crippen molar-refractivity contribution in [2.45, 2.75) is 18.4 Å². The lowest BCUT2D eigenvalue weighted by atomic mass is 10.1. The number of carbonyl (C=O) groups is 2. The first-order chi connectivity index (χ1) is 16.0. The molecule has 0 unspecified atom stereocenters. The van der Waals surface area contributed by atoms with Gasteiger partial charge in [-0.05, 0) is 37.3 Å². The molecule has 33 heavy (non-hydrogen) atoms. The number of thioether (sulfide) groups is 1. The van der Waals surface area contributed by atoms with E-state index in [2.05, 4.69) is 15.2 Å². The number of carbonyl (C=O) groups excluding carboxylic acids is 2. The number of fused-ring (bicyclic) bond motifs is 1. The van der Waals surface area contributed by atoms with E-state index in [1.807, 2.05) is 61.7 Å². The van der Waals surface area contributed by atoms with Gasteiger partial charge in [-0.1, -0.05) is 48.0 Å². The number of rotatable bonds is 8. The maximum absolute atomic E-state index is 13.8. The van der Waals surface area contributed by atoms with Crippen molar-refractivity contribution in [1.29, 1.82) is 0 Å². The SMILES string of the molecule is Cc1ccc(C(=O)NCCn2cc(SCC(=O)Nc3ccccc3F)c3ccccc32)cc1. The number of aryl methyl sites for hydroxylation is 1. The van der Waals surface area contributed by atoms with Crippen molar-refractivity contribution in [2.24, 2.45) is 0 Å². The smallest absolute Gasteiger partial charge is 0.251 e. The molecular formula is C26H24FN3O2S. The molecule has 0 aliphatic heterocycles. The number of halogens is 1. The Morgan fingerprint density at radius 2 is 1.70 bits per heavy atom. The molecule has 1 aromatic heterocycles. The van der Waals surface area contributed by atoms with Crippen molar-refractivity contribution in [2.75, 3.05) is 17.6 Å². The van der Waals surface area contributed by atoms with Crippen LogP contribution in [0.3, 0.4) is 0 Å². The minimum Gasteiger partial charge on any atom is -0.350 e. The van der Waals surface area contributed by atoms with Gasteiger partial charge in [0.15, 0.2) is 0 Å². The van der Waals surface area contributed by atoms with Crippen molar-refractivity contribution in [1.82, 2.24) is 9.88 Å². The van der Waals surface area contributed by atoms with E-state index in [0.29, 0.717) is 18.7 Å². The predicted molar refractivity (Wildman–Crippen MR) is 131 cm³/mol. The van der Waals surface area contributed by atoms with Crippen LogP contribution in [0, 0.1) is 12.7 Å². The second-order valence-corrected chi connectivity index (χ2v) is 8.66.